The van der Waals surface area contributed by atoms with Crippen molar-refractivity contribution in [3.8, 4) is 0 Å². The number of rotatable bonds is 10. The minimum Gasteiger partial charge on any atom is -0.397 e. The van der Waals surface area contributed by atoms with Gasteiger partial charge in [0.2, 0.25) is 0 Å². The molecule has 4 nitrogen and oxygen atoms in total. The first-order valence-electron chi connectivity index (χ1n) is 11.6. The summed E-state index contributed by atoms with van der Waals surface area (Å²) in [6.45, 7) is 11.0. The number of nitrogens with two attached hydrogens (primary N) is 1. The molecule has 1 heterocycles. The number of hydrogen-bond donors (Lipinski definition) is 3. The van der Waals surface area contributed by atoms with Gasteiger partial charge in [-0.05, 0) is 61.6 Å². The molecule has 3 aromatic rings. The summed E-state index contributed by atoms with van der Waals surface area (Å²) in [6, 6.07) is 16.3. The van der Waals surface area contributed by atoms with Gasteiger partial charge >= 0.3 is 0 Å². The smallest absolute Gasteiger partial charge is 0.139 e. The van der Waals surface area contributed by atoms with Gasteiger partial charge in [-0.25, -0.2) is 0 Å². The number of benzene rings is 2. The van der Waals surface area contributed by atoms with E-state index in [1.54, 1.807) is 11.3 Å². The van der Waals surface area contributed by atoms with E-state index in [0.29, 0.717) is 6.42 Å². The lowest BCUT2D eigenvalue weighted by atomic mass is 9.69. The van der Waals surface area contributed by atoms with Gasteiger partial charge in [0.05, 0.1) is 18.0 Å². The van der Waals surface area contributed by atoms with Crippen molar-refractivity contribution < 1.29 is 9.90 Å². The Balaban J connectivity index is 2.04. The molecule has 0 aliphatic heterocycles. The Morgan fingerprint density at radius 3 is 2.45 bits per heavy atom. The van der Waals surface area contributed by atoms with Crippen molar-refractivity contribution in [1.82, 2.24) is 0 Å². The lowest BCUT2D eigenvalue weighted by molar-refractivity contribution is -0.127. The van der Waals surface area contributed by atoms with Gasteiger partial charge in [-0.15, -0.1) is 11.3 Å². The number of carbonyl (C=O) groups is 1. The summed E-state index contributed by atoms with van der Waals surface area (Å²) in [7, 11) is 0. The van der Waals surface area contributed by atoms with Gasteiger partial charge < -0.3 is 16.2 Å². The van der Waals surface area contributed by atoms with Gasteiger partial charge in [-0.1, -0.05) is 50.2 Å². The summed E-state index contributed by atoms with van der Waals surface area (Å²) >= 11 is 1.66. The van der Waals surface area contributed by atoms with Gasteiger partial charge in [0.25, 0.3) is 0 Å². The highest BCUT2D eigenvalue weighted by Crippen LogP contribution is 2.48. The Kier molecular flexibility index (Phi) is 7.98. The molecule has 1 unspecified atom stereocenters. The van der Waals surface area contributed by atoms with Crippen molar-refractivity contribution >= 4 is 28.5 Å². The third-order valence-electron chi connectivity index (χ3n) is 6.65. The molecule has 0 bridgehead atoms. The molecule has 0 aliphatic carbocycles. The standard InChI is InChI=1S/C28H36N2O2S/c1-6-30-23-14-13-22(18(2)27(23)29)26(24-16-21(17-31)19(3)33-24)28(4,5)25(32)15-12-20-10-8-7-9-11-20/h7-11,13-14,16,26,30-31H,6,12,15,17,29H2,1-5H3. The number of nitrogens with one attached hydrogen (secondary N) is 1. The molecule has 0 spiro atoms. The second-order valence-corrected chi connectivity index (χ2v) is 10.5. The van der Waals surface area contributed by atoms with E-state index in [1.165, 1.54) is 5.56 Å². The molecule has 0 saturated heterocycles. The Morgan fingerprint density at radius 1 is 1.15 bits per heavy atom. The van der Waals surface area contributed by atoms with Crippen molar-refractivity contribution in [3.63, 3.8) is 0 Å². The molecule has 2 aromatic carbocycles. The van der Waals surface area contributed by atoms with Crippen LogP contribution in [-0.2, 0) is 17.8 Å². The molecule has 4 N–H and O–H groups in total. The molecule has 176 valence electrons. The average Bonchev–Trinajstić information content (AvgIpc) is 3.17. The van der Waals surface area contributed by atoms with Crippen LogP contribution in [0.2, 0.25) is 0 Å². The fraction of sp³-hybridized carbons (Fsp3) is 0.393. The predicted octanol–water partition coefficient (Wildman–Crippen LogP) is 6.23. The molecule has 1 atom stereocenters. The molecular weight excluding hydrogens is 428 g/mol. The fourth-order valence-electron chi connectivity index (χ4n) is 4.53. The minimum absolute atomic E-state index is 0.00207. The quantitative estimate of drug-likeness (QED) is 0.311. The van der Waals surface area contributed by atoms with Crippen LogP contribution in [0.5, 0.6) is 0 Å². The van der Waals surface area contributed by atoms with Gasteiger partial charge in [0, 0.05) is 34.1 Å². The van der Waals surface area contributed by atoms with Crippen molar-refractivity contribution in [1.29, 1.82) is 0 Å². The molecule has 0 radical (unpaired) electrons. The van der Waals surface area contributed by atoms with Crippen LogP contribution in [-0.4, -0.2) is 17.4 Å². The van der Waals surface area contributed by atoms with Crippen LogP contribution in [0.25, 0.3) is 0 Å². The Bertz CT molecular complexity index is 1100. The number of Topliss-reactive ketones (excluding diaryl/α,β-unsaturated/α-hetero) is 1. The van der Waals surface area contributed by atoms with Crippen molar-refractivity contribution in [3.05, 3.63) is 80.5 Å². The summed E-state index contributed by atoms with van der Waals surface area (Å²) in [5.74, 6) is 0.0736. The Morgan fingerprint density at radius 2 is 1.85 bits per heavy atom. The maximum atomic E-state index is 13.7. The molecule has 0 amide bonds. The predicted molar refractivity (Wildman–Crippen MR) is 140 cm³/mol. The molecule has 1 aromatic heterocycles. The van der Waals surface area contributed by atoms with Gasteiger partial charge in [-0.2, -0.15) is 0 Å². The number of anilines is 2. The van der Waals surface area contributed by atoms with Gasteiger partial charge in [0.1, 0.15) is 5.78 Å². The molecule has 0 fully saturated rings. The number of aliphatic hydroxyl groups excluding tert-OH is 1. The second kappa shape index (κ2) is 10.5. The molecule has 0 aliphatic rings. The van der Waals surface area contributed by atoms with Crippen LogP contribution >= 0.6 is 11.3 Å². The van der Waals surface area contributed by atoms with Crippen LogP contribution in [0.4, 0.5) is 11.4 Å². The SMILES string of the molecule is CCNc1ccc(C(c2cc(CO)c(C)s2)C(C)(C)C(=O)CCc2ccccc2)c(C)c1N. The first-order valence-corrected chi connectivity index (χ1v) is 12.4. The Labute approximate surface area is 201 Å². The van der Waals surface area contributed by atoms with Crippen molar-refractivity contribution in [2.75, 3.05) is 17.6 Å². The fourth-order valence-corrected chi connectivity index (χ4v) is 5.88. The number of thiophene rings is 1. The number of aryl methyl sites for hydroxylation is 2. The topological polar surface area (TPSA) is 75.3 Å². The normalized spacial score (nSPS) is 12.5. The zero-order chi connectivity index (χ0) is 24.2. The zero-order valence-corrected chi connectivity index (χ0v) is 21.2. The van der Waals surface area contributed by atoms with E-state index in [4.69, 9.17) is 5.73 Å². The van der Waals surface area contributed by atoms with Crippen LogP contribution in [0, 0.1) is 19.3 Å². The van der Waals surface area contributed by atoms with E-state index < -0.39 is 5.41 Å². The van der Waals surface area contributed by atoms with Gasteiger partial charge in [-0.3, -0.25) is 4.79 Å². The van der Waals surface area contributed by atoms with E-state index in [2.05, 4.69) is 29.6 Å². The number of aliphatic hydroxyl groups is 1. The maximum absolute atomic E-state index is 13.7. The Hall–Kier alpha value is -2.63. The second-order valence-electron chi connectivity index (χ2n) is 9.22. The largest absolute Gasteiger partial charge is 0.397 e. The summed E-state index contributed by atoms with van der Waals surface area (Å²) in [6.07, 6.45) is 1.20. The van der Waals surface area contributed by atoms with Crippen molar-refractivity contribution in [2.45, 2.75) is 60.0 Å². The summed E-state index contributed by atoms with van der Waals surface area (Å²) < 4.78 is 0. The van der Waals surface area contributed by atoms with Gasteiger partial charge in [0.15, 0.2) is 0 Å². The molecule has 33 heavy (non-hydrogen) atoms. The van der Waals surface area contributed by atoms with Crippen LogP contribution in [0.15, 0.2) is 48.5 Å². The molecule has 5 heteroatoms. The minimum atomic E-state index is -0.643. The number of ketones is 1. The summed E-state index contributed by atoms with van der Waals surface area (Å²) in [5.41, 5.74) is 11.7. The monoisotopic (exact) mass is 464 g/mol. The number of nitrogen functional groups attached to an aromatic ring is 1. The third kappa shape index (κ3) is 5.31. The van der Waals surface area contributed by atoms with E-state index in [-0.39, 0.29) is 18.3 Å². The van der Waals surface area contributed by atoms with E-state index in [0.717, 1.165) is 50.8 Å². The highest BCUT2D eigenvalue weighted by Gasteiger charge is 2.40. The summed E-state index contributed by atoms with van der Waals surface area (Å²) in [5, 5.41) is 13.1. The lowest BCUT2D eigenvalue weighted by Crippen LogP contribution is -2.33. The number of carbonyl (C=O) groups excluding carboxylic acids is 1. The van der Waals surface area contributed by atoms with Crippen LogP contribution < -0.4 is 11.1 Å². The zero-order valence-electron chi connectivity index (χ0n) is 20.4. The maximum Gasteiger partial charge on any atom is 0.139 e. The first-order chi connectivity index (χ1) is 15.7. The highest BCUT2D eigenvalue weighted by atomic mass is 32.1. The van der Waals surface area contributed by atoms with Crippen LogP contribution in [0.3, 0.4) is 0 Å². The van der Waals surface area contributed by atoms with E-state index in [1.807, 2.05) is 58.9 Å². The van der Waals surface area contributed by atoms with Crippen LogP contribution in [0.1, 0.15) is 65.1 Å². The molecule has 0 saturated carbocycles. The summed E-state index contributed by atoms with van der Waals surface area (Å²) in [4.78, 5) is 15.8. The van der Waals surface area contributed by atoms with E-state index >= 15 is 0 Å². The van der Waals surface area contributed by atoms with Crippen molar-refractivity contribution in [2.24, 2.45) is 5.41 Å². The molecule has 3 rings (SSSR count). The molecular formula is C28H36N2O2S. The average molecular weight is 465 g/mol. The third-order valence-corrected chi connectivity index (χ3v) is 7.81. The number of hydrogen-bond acceptors (Lipinski definition) is 5. The van der Waals surface area contributed by atoms with E-state index in [9.17, 15) is 9.90 Å². The first kappa shape index (κ1) is 25.0. The highest BCUT2D eigenvalue weighted by molar-refractivity contribution is 7.12. The lowest BCUT2D eigenvalue weighted by Gasteiger charge is -2.34.